The van der Waals surface area contributed by atoms with Gasteiger partial charge < -0.3 is 16.8 Å². The molecule has 3 aromatic rings. The number of carbonyl (C=O) groups is 2. The van der Waals surface area contributed by atoms with Gasteiger partial charge in [-0.15, -0.1) is 11.3 Å². The van der Waals surface area contributed by atoms with Gasteiger partial charge in [0, 0.05) is 31.8 Å². The molecule has 2 aromatic carbocycles. The zero-order chi connectivity index (χ0) is 23.3. The minimum atomic E-state index is -0.245. The van der Waals surface area contributed by atoms with Gasteiger partial charge in [0.2, 0.25) is 11.8 Å². The van der Waals surface area contributed by atoms with E-state index in [0.717, 1.165) is 17.1 Å². The highest BCUT2D eigenvalue weighted by atomic mass is 32.1. The quantitative estimate of drug-likeness (QED) is 0.460. The van der Waals surface area contributed by atoms with E-state index in [-0.39, 0.29) is 17.9 Å². The molecule has 7 heteroatoms. The molecule has 1 unspecified atom stereocenters. The van der Waals surface area contributed by atoms with Gasteiger partial charge in [-0.1, -0.05) is 67.6 Å². The molecule has 0 saturated carbocycles. The molecule has 3 rings (SSSR count). The zero-order valence-electron chi connectivity index (χ0n) is 18.7. The van der Waals surface area contributed by atoms with Crippen LogP contribution in [0, 0.1) is 6.92 Å². The molecule has 6 nitrogen and oxygen atoms in total. The topological polar surface area (TPSA) is 111 Å². The lowest BCUT2D eigenvalue weighted by Gasteiger charge is -2.16. The first-order valence-electron chi connectivity index (χ1n) is 10.8. The molecule has 0 saturated heterocycles. The summed E-state index contributed by atoms with van der Waals surface area (Å²) < 4.78 is 0. The molecular weight excluding hydrogens is 420 g/mol. The van der Waals surface area contributed by atoms with Gasteiger partial charge in [-0.05, 0) is 24.5 Å². The Labute approximate surface area is 194 Å². The van der Waals surface area contributed by atoms with Crippen LogP contribution in [0.3, 0.4) is 0 Å². The summed E-state index contributed by atoms with van der Waals surface area (Å²) in [4.78, 5) is 27.8. The predicted octanol–water partition coefficient (Wildman–Crippen LogP) is 3.62. The van der Waals surface area contributed by atoms with E-state index in [1.54, 1.807) is 18.3 Å². The van der Waals surface area contributed by atoms with Crippen molar-refractivity contribution in [2.24, 2.45) is 11.5 Å². The molecule has 0 aliphatic rings. The monoisotopic (exact) mass is 452 g/mol. The highest BCUT2D eigenvalue weighted by Crippen LogP contribution is 2.30. The van der Waals surface area contributed by atoms with E-state index in [2.05, 4.69) is 40.3 Å². The Morgan fingerprint density at radius 3 is 2.22 bits per heavy atom. The van der Waals surface area contributed by atoms with E-state index in [4.69, 9.17) is 5.73 Å². The summed E-state index contributed by atoms with van der Waals surface area (Å²) >= 11 is 1.67. The Morgan fingerprint density at radius 2 is 1.66 bits per heavy atom. The molecule has 0 spiro atoms. The van der Waals surface area contributed by atoms with Crippen LogP contribution in [-0.2, 0) is 22.4 Å². The summed E-state index contributed by atoms with van der Waals surface area (Å²) in [6.45, 7) is 4.17. The first-order valence-corrected chi connectivity index (χ1v) is 11.6. The smallest absolute Gasteiger partial charge is 0.220 e. The maximum Gasteiger partial charge on any atom is 0.220 e. The molecule has 0 aliphatic heterocycles. The molecule has 32 heavy (non-hydrogen) atoms. The van der Waals surface area contributed by atoms with Crippen LogP contribution in [0.5, 0.6) is 0 Å². The molecule has 0 aliphatic carbocycles. The molecule has 5 N–H and O–H groups in total. The lowest BCUT2D eigenvalue weighted by molar-refractivity contribution is -0.121. The van der Waals surface area contributed by atoms with Gasteiger partial charge in [0.25, 0.3) is 0 Å². The summed E-state index contributed by atoms with van der Waals surface area (Å²) in [6.07, 6.45) is 2.26. The second-order valence-corrected chi connectivity index (χ2v) is 8.48. The van der Waals surface area contributed by atoms with Crippen LogP contribution in [0.15, 0.2) is 60.7 Å². The fourth-order valence-corrected chi connectivity index (χ4v) is 4.10. The van der Waals surface area contributed by atoms with E-state index in [1.807, 2.05) is 43.3 Å². The van der Waals surface area contributed by atoms with E-state index >= 15 is 0 Å². The van der Waals surface area contributed by atoms with Crippen LogP contribution in [0.1, 0.15) is 36.0 Å². The van der Waals surface area contributed by atoms with E-state index < -0.39 is 0 Å². The van der Waals surface area contributed by atoms with E-state index in [9.17, 15) is 9.59 Å². The normalized spacial score (nSPS) is 11.2. The van der Waals surface area contributed by atoms with E-state index in [0.29, 0.717) is 25.8 Å². The third-order valence-electron chi connectivity index (χ3n) is 4.77. The van der Waals surface area contributed by atoms with Gasteiger partial charge in [-0.3, -0.25) is 9.59 Å². The van der Waals surface area contributed by atoms with Crippen LogP contribution in [0.25, 0.3) is 10.4 Å². The Balaban J connectivity index is 0.000000654. The number of aryl methyl sites for hydroxylation is 2. The van der Waals surface area contributed by atoms with Crippen molar-refractivity contribution in [3.63, 3.8) is 0 Å². The van der Waals surface area contributed by atoms with Crippen molar-refractivity contribution in [3.8, 4) is 10.4 Å². The largest absolute Gasteiger partial charge is 0.370 e. The van der Waals surface area contributed by atoms with Gasteiger partial charge in [0.1, 0.15) is 0 Å². The van der Waals surface area contributed by atoms with Crippen LogP contribution in [0.2, 0.25) is 0 Å². The van der Waals surface area contributed by atoms with Crippen molar-refractivity contribution in [2.75, 3.05) is 6.54 Å². The van der Waals surface area contributed by atoms with Gasteiger partial charge in [0.05, 0.1) is 15.6 Å². The molecule has 1 aromatic heterocycles. The first-order chi connectivity index (χ1) is 15.4. The summed E-state index contributed by atoms with van der Waals surface area (Å²) in [5.41, 5.74) is 13.9. The number of rotatable bonds is 9. The molecule has 0 bridgehead atoms. The maximum absolute atomic E-state index is 12.3. The summed E-state index contributed by atoms with van der Waals surface area (Å²) in [7, 11) is 0. The average molecular weight is 453 g/mol. The molecule has 0 fully saturated rings. The van der Waals surface area contributed by atoms with Gasteiger partial charge >= 0.3 is 0 Å². The van der Waals surface area contributed by atoms with Crippen molar-refractivity contribution in [1.82, 2.24) is 10.3 Å². The van der Waals surface area contributed by atoms with Crippen molar-refractivity contribution in [3.05, 3.63) is 76.9 Å². The SMILES string of the molecule is CCC(N)=O.Cc1nc(CCC(=O)NC(CN)Cc2ccccc2)sc1-c1ccccc1. The Bertz CT molecular complexity index is 974. The minimum Gasteiger partial charge on any atom is -0.370 e. The molecule has 2 amide bonds. The number of nitrogens with one attached hydrogen (secondary N) is 1. The highest BCUT2D eigenvalue weighted by molar-refractivity contribution is 7.15. The number of carbonyl (C=O) groups excluding carboxylic acids is 2. The standard InChI is InChI=1S/C22H25N3OS.C3H7NO/c1-16-22(18-10-6-3-7-11-18)27-21(24-16)13-12-20(26)25-19(15-23)14-17-8-4-2-5-9-17;1-2-3(4)5/h2-11,19H,12-15,23H2,1H3,(H,25,26);2H2,1H3,(H2,4,5). The second-order valence-electron chi connectivity index (χ2n) is 7.40. The molecule has 1 heterocycles. The lowest BCUT2D eigenvalue weighted by atomic mass is 10.1. The second kappa shape index (κ2) is 13.4. The van der Waals surface area contributed by atoms with Crippen LogP contribution in [-0.4, -0.2) is 29.4 Å². The van der Waals surface area contributed by atoms with Gasteiger partial charge in [0.15, 0.2) is 0 Å². The fourth-order valence-electron chi connectivity index (χ4n) is 3.03. The first kappa shape index (κ1) is 25.2. The van der Waals surface area contributed by atoms with Crippen molar-refractivity contribution in [2.45, 2.75) is 45.6 Å². The predicted molar refractivity (Wildman–Crippen MR) is 131 cm³/mol. The number of aromatic nitrogens is 1. The van der Waals surface area contributed by atoms with Crippen molar-refractivity contribution in [1.29, 1.82) is 0 Å². The average Bonchev–Trinajstić information content (AvgIpc) is 3.19. The zero-order valence-corrected chi connectivity index (χ0v) is 19.5. The molecule has 170 valence electrons. The number of primary amides is 1. The lowest BCUT2D eigenvalue weighted by Crippen LogP contribution is -2.41. The molecule has 1 atom stereocenters. The Hall–Kier alpha value is -3.03. The molecule has 0 radical (unpaired) electrons. The third-order valence-corrected chi connectivity index (χ3v) is 6.03. The van der Waals surface area contributed by atoms with Crippen molar-refractivity contribution >= 4 is 23.2 Å². The fraction of sp³-hybridized carbons (Fsp3) is 0.320. The van der Waals surface area contributed by atoms with E-state index in [1.165, 1.54) is 16.0 Å². The summed E-state index contributed by atoms with van der Waals surface area (Å²) in [5, 5.41) is 4.05. The Kier molecular flexibility index (Phi) is 10.6. The van der Waals surface area contributed by atoms with Crippen LogP contribution >= 0.6 is 11.3 Å². The maximum atomic E-state index is 12.3. The third kappa shape index (κ3) is 8.61. The number of nitrogens with zero attached hydrogens (tertiary/aromatic N) is 1. The highest BCUT2D eigenvalue weighted by Gasteiger charge is 2.14. The molecular formula is C25H32N4O2S. The Morgan fingerprint density at radius 1 is 1.06 bits per heavy atom. The number of thiazole rings is 1. The minimum absolute atomic E-state index is 0.0236. The van der Waals surface area contributed by atoms with Gasteiger partial charge in [-0.25, -0.2) is 4.98 Å². The van der Waals surface area contributed by atoms with Crippen molar-refractivity contribution < 1.29 is 9.59 Å². The van der Waals surface area contributed by atoms with Gasteiger partial charge in [-0.2, -0.15) is 0 Å². The summed E-state index contributed by atoms with van der Waals surface area (Å²) in [5.74, 6) is -0.222. The van der Waals surface area contributed by atoms with Crippen LogP contribution in [0.4, 0.5) is 0 Å². The van der Waals surface area contributed by atoms with Crippen LogP contribution < -0.4 is 16.8 Å². The summed E-state index contributed by atoms with van der Waals surface area (Å²) in [6, 6.07) is 20.3. The number of nitrogens with two attached hydrogens (primary N) is 2. The number of hydrogen-bond acceptors (Lipinski definition) is 5. The number of hydrogen-bond donors (Lipinski definition) is 3. The number of amides is 2. The number of benzene rings is 2.